The zero-order valence-corrected chi connectivity index (χ0v) is 13.9. The molecule has 0 radical (unpaired) electrons. The van der Waals surface area contributed by atoms with Crippen LogP contribution in [0.25, 0.3) is 0 Å². The van der Waals surface area contributed by atoms with Gasteiger partial charge in [-0.15, -0.1) is 22.7 Å². The number of benzene rings is 1. The van der Waals surface area contributed by atoms with E-state index < -0.39 is 0 Å². The molecule has 0 saturated heterocycles. The summed E-state index contributed by atoms with van der Waals surface area (Å²) in [6.07, 6.45) is 2.35. The van der Waals surface area contributed by atoms with Gasteiger partial charge in [-0.1, -0.05) is 35.9 Å². The Morgan fingerprint density at radius 1 is 1.14 bits per heavy atom. The normalized spacial score (nSPS) is 11.8. The molecule has 22 heavy (non-hydrogen) atoms. The SMILES string of the molecule is Cc1ccc(Cn2ccsc2=NC(=O)Cc2cccs2)cc1. The zero-order chi connectivity index (χ0) is 15.4. The molecule has 0 unspecified atom stereocenters. The van der Waals surface area contributed by atoms with Gasteiger partial charge in [0.05, 0.1) is 6.42 Å². The number of hydrogen-bond donors (Lipinski definition) is 0. The van der Waals surface area contributed by atoms with Crippen molar-refractivity contribution in [2.24, 2.45) is 4.99 Å². The van der Waals surface area contributed by atoms with Gasteiger partial charge in [-0.3, -0.25) is 4.79 Å². The molecule has 3 nitrogen and oxygen atoms in total. The van der Waals surface area contributed by atoms with Crippen LogP contribution in [0.2, 0.25) is 0 Å². The van der Waals surface area contributed by atoms with Crippen LogP contribution in [0.4, 0.5) is 0 Å². The molecule has 1 amide bonds. The quantitative estimate of drug-likeness (QED) is 0.720. The molecule has 3 rings (SSSR count). The van der Waals surface area contributed by atoms with E-state index in [1.54, 1.807) is 11.3 Å². The van der Waals surface area contributed by atoms with Gasteiger partial charge in [-0.05, 0) is 23.9 Å². The predicted octanol–water partition coefficient (Wildman–Crippen LogP) is 3.64. The molecular weight excluding hydrogens is 312 g/mol. The van der Waals surface area contributed by atoms with Crippen molar-refractivity contribution in [2.45, 2.75) is 19.9 Å². The third-order valence-electron chi connectivity index (χ3n) is 3.26. The summed E-state index contributed by atoms with van der Waals surface area (Å²) in [5, 5.41) is 3.94. The van der Waals surface area contributed by atoms with Crippen LogP contribution in [0.5, 0.6) is 0 Å². The van der Waals surface area contributed by atoms with Crippen molar-refractivity contribution in [3.8, 4) is 0 Å². The first-order chi connectivity index (χ1) is 10.7. The van der Waals surface area contributed by atoms with Crippen LogP contribution in [-0.2, 0) is 17.8 Å². The van der Waals surface area contributed by atoms with Gasteiger partial charge in [0.25, 0.3) is 5.91 Å². The number of thiazole rings is 1. The van der Waals surface area contributed by atoms with Gasteiger partial charge in [-0.2, -0.15) is 4.99 Å². The van der Waals surface area contributed by atoms with E-state index >= 15 is 0 Å². The maximum atomic E-state index is 12.1. The Balaban J connectivity index is 1.77. The number of thiophene rings is 1. The lowest BCUT2D eigenvalue weighted by Crippen LogP contribution is -2.17. The average Bonchev–Trinajstić information content (AvgIpc) is 3.14. The van der Waals surface area contributed by atoms with Crippen molar-refractivity contribution in [1.29, 1.82) is 0 Å². The van der Waals surface area contributed by atoms with Crippen molar-refractivity contribution in [3.05, 3.63) is 74.2 Å². The summed E-state index contributed by atoms with van der Waals surface area (Å²) < 4.78 is 2.02. The summed E-state index contributed by atoms with van der Waals surface area (Å²) in [5.74, 6) is -0.0949. The number of amides is 1. The lowest BCUT2D eigenvalue weighted by Gasteiger charge is -2.03. The van der Waals surface area contributed by atoms with Gasteiger partial charge in [-0.25, -0.2) is 0 Å². The lowest BCUT2D eigenvalue weighted by atomic mass is 10.1. The van der Waals surface area contributed by atoms with Crippen molar-refractivity contribution in [1.82, 2.24) is 4.57 Å². The summed E-state index contributed by atoms with van der Waals surface area (Å²) in [5.41, 5.74) is 2.45. The van der Waals surface area contributed by atoms with Crippen LogP contribution >= 0.6 is 22.7 Å². The van der Waals surface area contributed by atoms with Crippen LogP contribution in [0.3, 0.4) is 0 Å². The second kappa shape index (κ2) is 6.85. The second-order valence-corrected chi connectivity index (χ2v) is 6.97. The molecule has 0 fully saturated rings. The lowest BCUT2D eigenvalue weighted by molar-refractivity contribution is -0.117. The molecule has 2 aromatic heterocycles. The Bertz CT molecular complexity index is 811. The summed E-state index contributed by atoms with van der Waals surface area (Å²) >= 11 is 3.08. The van der Waals surface area contributed by atoms with E-state index in [2.05, 4.69) is 36.2 Å². The van der Waals surface area contributed by atoms with Gasteiger partial charge in [0.1, 0.15) is 0 Å². The largest absolute Gasteiger partial charge is 0.319 e. The van der Waals surface area contributed by atoms with Gasteiger partial charge < -0.3 is 4.57 Å². The summed E-state index contributed by atoms with van der Waals surface area (Å²) in [6, 6.07) is 12.3. The van der Waals surface area contributed by atoms with Crippen molar-refractivity contribution in [2.75, 3.05) is 0 Å². The number of carbonyl (C=O) groups is 1. The minimum atomic E-state index is -0.0949. The van der Waals surface area contributed by atoms with Gasteiger partial charge in [0.2, 0.25) is 0 Å². The molecule has 0 aliphatic heterocycles. The molecule has 3 aromatic rings. The fourth-order valence-electron chi connectivity index (χ4n) is 2.11. The predicted molar refractivity (Wildman–Crippen MR) is 91.2 cm³/mol. The standard InChI is InChI=1S/C17H16N2OS2/c1-13-4-6-14(7-5-13)12-19-8-10-22-17(19)18-16(20)11-15-3-2-9-21-15/h2-10H,11-12H2,1H3. The maximum absolute atomic E-state index is 12.1. The van der Waals surface area contributed by atoms with E-state index in [1.807, 2.05) is 33.7 Å². The number of nitrogens with zero attached hydrogens (tertiary/aromatic N) is 2. The summed E-state index contributed by atoms with van der Waals surface area (Å²) in [7, 11) is 0. The molecule has 0 spiro atoms. The van der Waals surface area contributed by atoms with Crippen LogP contribution in [0.1, 0.15) is 16.0 Å². The Morgan fingerprint density at radius 2 is 1.95 bits per heavy atom. The smallest absolute Gasteiger partial charge is 0.253 e. The number of carbonyl (C=O) groups excluding carboxylic acids is 1. The van der Waals surface area contributed by atoms with E-state index in [-0.39, 0.29) is 5.91 Å². The fraction of sp³-hybridized carbons (Fsp3) is 0.176. The average molecular weight is 328 g/mol. The molecule has 0 saturated carbocycles. The van der Waals surface area contributed by atoms with Crippen LogP contribution in [0, 0.1) is 6.92 Å². The molecule has 1 aromatic carbocycles. The Morgan fingerprint density at radius 3 is 2.68 bits per heavy atom. The van der Waals surface area contributed by atoms with Crippen LogP contribution in [0.15, 0.2) is 58.3 Å². The molecule has 0 aliphatic rings. The highest BCUT2D eigenvalue weighted by Crippen LogP contribution is 2.09. The number of aryl methyl sites for hydroxylation is 1. The Labute approximate surface area is 137 Å². The molecule has 5 heteroatoms. The Kier molecular flexibility index (Phi) is 4.65. The zero-order valence-electron chi connectivity index (χ0n) is 12.2. The minimum absolute atomic E-state index is 0.0949. The number of aromatic nitrogens is 1. The van der Waals surface area contributed by atoms with Gasteiger partial charge in [0, 0.05) is 23.0 Å². The van der Waals surface area contributed by atoms with Crippen molar-refractivity contribution >= 4 is 28.6 Å². The first kappa shape index (κ1) is 14.9. The first-order valence-electron chi connectivity index (χ1n) is 7.00. The summed E-state index contributed by atoms with van der Waals surface area (Å²) in [4.78, 5) is 18.1. The van der Waals surface area contributed by atoms with Crippen LogP contribution in [-0.4, -0.2) is 10.5 Å². The van der Waals surface area contributed by atoms with E-state index in [4.69, 9.17) is 0 Å². The molecule has 2 heterocycles. The summed E-state index contributed by atoms with van der Waals surface area (Å²) in [6.45, 7) is 2.81. The van der Waals surface area contributed by atoms with E-state index in [0.717, 1.165) is 16.2 Å². The fourth-order valence-corrected chi connectivity index (χ4v) is 3.55. The molecule has 0 atom stereocenters. The maximum Gasteiger partial charge on any atom is 0.253 e. The second-order valence-electron chi connectivity index (χ2n) is 5.06. The molecule has 0 N–H and O–H groups in total. The van der Waals surface area contributed by atoms with Gasteiger partial charge in [0.15, 0.2) is 4.80 Å². The minimum Gasteiger partial charge on any atom is -0.319 e. The Hall–Kier alpha value is -1.98. The van der Waals surface area contributed by atoms with Crippen molar-refractivity contribution < 1.29 is 4.79 Å². The van der Waals surface area contributed by atoms with E-state index in [9.17, 15) is 4.79 Å². The van der Waals surface area contributed by atoms with E-state index in [0.29, 0.717) is 6.42 Å². The molecule has 112 valence electrons. The topological polar surface area (TPSA) is 34.4 Å². The highest BCUT2D eigenvalue weighted by atomic mass is 32.1. The van der Waals surface area contributed by atoms with Crippen molar-refractivity contribution in [3.63, 3.8) is 0 Å². The third kappa shape index (κ3) is 3.81. The number of rotatable bonds is 4. The first-order valence-corrected chi connectivity index (χ1v) is 8.76. The highest BCUT2D eigenvalue weighted by Gasteiger charge is 2.04. The molecule has 0 bridgehead atoms. The molecular formula is C17H16N2OS2. The van der Waals surface area contributed by atoms with E-state index in [1.165, 1.54) is 22.5 Å². The van der Waals surface area contributed by atoms with Crippen LogP contribution < -0.4 is 4.80 Å². The van der Waals surface area contributed by atoms with Gasteiger partial charge >= 0.3 is 0 Å². The molecule has 0 aliphatic carbocycles. The third-order valence-corrected chi connectivity index (χ3v) is 4.93. The number of hydrogen-bond acceptors (Lipinski definition) is 3. The monoisotopic (exact) mass is 328 g/mol. The highest BCUT2D eigenvalue weighted by molar-refractivity contribution is 7.10.